The van der Waals surface area contributed by atoms with Crippen LogP contribution < -0.4 is 19.6 Å². The lowest BCUT2D eigenvalue weighted by atomic mass is 9.96. The van der Waals surface area contributed by atoms with Crippen molar-refractivity contribution in [2.75, 3.05) is 20.8 Å². The SMILES string of the molecule is CCOC(=O)C1=C(C)N=c2s/c(=C\C(=O)OC)c(=O)n2[C@H]1c1ccc(OC)cc1. The Balaban J connectivity index is 2.28. The number of hydrogen-bond acceptors (Lipinski definition) is 8. The van der Waals surface area contributed by atoms with E-state index in [1.165, 1.54) is 11.7 Å². The topological polar surface area (TPSA) is 96.2 Å². The highest BCUT2D eigenvalue weighted by Gasteiger charge is 2.33. The number of allylic oxidation sites excluding steroid dienone is 1. The fourth-order valence-corrected chi connectivity index (χ4v) is 4.07. The fraction of sp³-hybridized carbons (Fsp3) is 0.300. The normalized spacial score (nSPS) is 16.1. The second kappa shape index (κ2) is 8.44. The largest absolute Gasteiger partial charge is 0.497 e. The maximum Gasteiger partial charge on any atom is 0.338 e. The summed E-state index contributed by atoms with van der Waals surface area (Å²) < 4.78 is 16.6. The van der Waals surface area contributed by atoms with Crippen LogP contribution in [0.4, 0.5) is 0 Å². The zero-order chi connectivity index (χ0) is 21.1. The minimum absolute atomic E-state index is 0.173. The van der Waals surface area contributed by atoms with E-state index in [9.17, 15) is 14.4 Å². The average Bonchev–Trinajstić information content (AvgIpc) is 3.01. The Morgan fingerprint density at radius 2 is 1.93 bits per heavy atom. The predicted molar refractivity (Wildman–Crippen MR) is 106 cm³/mol. The van der Waals surface area contributed by atoms with Gasteiger partial charge in [-0.25, -0.2) is 14.6 Å². The van der Waals surface area contributed by atoms with Gasteiger partial charge in [0, 0.05) is 6.08 Å². The Bertz CT molecular complexity index is 1160. The van der Waals surface area contributed by atoms with E-state index in [1.807, 2.05) is 0 Å². The number of thiazole rings is 1. The third-order valence-electron chi connectivity index (χ3n) is 4.40. The number of fused-ring (bicyclic) bond motifs is 1. The number of rotatable bonds is 5. The molecule has 2 heterocycles. The lowest BCUT2D eigenvalue weighted by Gasteiger charge is -2.24. The van der Waals surface area contributed by atoms with Crippen molar-refractivity contribution in [3.05, 3.63) is 60.8 Å². The molecule has 0 amide bonds. The number of aromatic nitrogens is 1. The van der Waals surface area contributed by atoms with Crippen LogP contribution in [0.1, 0.15) is 25.5 Å². The van der Waals surface area contributed by atoms with Gasteiger partial charge in [0.2, 0.25) is 0 Å². The van der Waals surface area contributed by atoms with Crippen LogP contribution in [0.15, 0.2) is 45.3 Å². The number of carbonyl (C=O) groups excluding carboxylic acids is 2. The average molecular weight is 416 g/mol. The van der Waals surface area contributed by atoms with E-state index < -0.39 is 23.5 Å². The maximum atomic E-state index is 13.1. The highest BCUT2D eigenvalue weighted by Crippen LogP contribution is 2.31. The highest BCUT2D eigenvalue weighted by molar-refractivity contribution is 7.07. The smallest absolute Gasteiger partial charge is 0.338 e. The Labute approximate surface area is 170 Å². The van der Waals surface area contributed by atoms with Crippen LogP contribution in [-0.4, -0.2) is 37.3 Å². The molecule has 1 aromatic carbocycles. The van der Waals surface area contributed by atoms with Gasteiger partial charge in [-0.1, -0.05) is 23.5 Å². The van der Waals surface area contributed by atoms with Gasteiger partial charge >= 0.3 is 11.9 Å². The van der Waals surface area contributed by atoms with Gasteiger partial charge in [0.25, 0.3) is 5.56 Å². The summed E-state index contributed by atoms with van der Waals surface area (Å²) in [5.74, 6) is -0.542. The number of methoxy groups -OCH3 is 2. The minimum atomic E-state index is -0.740. The van der Waals surface area contributed by atoms with Crippen molar-refractivity contribution in [1.82, 2.24) is 4.57 Å². The molecule has 3 rings (SSSR count). The molecule has 0 fully saturated rings. The first-order valence-electron chi connectivity index (χ1n) is 8.82. The summed E-state index contributed by atoms with van der Waals surface area (Å²) in [5, 5.41) is 0. The van der Waals surface area contributed by atoms with Crippen molar-refractivity contribution in [2.24, 2.45) is 4.99 Å². The Kier molecular flexibility index (Phi) is 5.97. The molecule has 1 aliphatic heterocycles. The first-order valence-corrected chi connectivity index (χ1v) is 9.64. The molecule has 2 aromatic rings. The molecule has 0 unspecified atom stereocenters. The molecule has 9 heteroatoms. The van der Waals surface area contributed by atoms with Crippen molar-refractivity contribution in [3.8, 4) is 5.75 Å². The third-order valence-corrected chi connectivity index (χ3v) is 5.38. The Morgan fingerprint density at radius 3 is 2.52 bits per heavy atom. The molecule has 29 heavy (non-hydrogen) atoms. The third kappa shape index (κ3) is 3.86. The van der Waals surface area contributed by atoms with Gasteiger partial charge in [-0.05, 0) is 31.5 Å². The van der Waals surface area contributed by atoms with Crippen LogP contribution in [0.2, 0.25) is 0 Å². The number of esters is 2. The molecule has 0 aliphatic carbocycles. The second-order valence-electron chi connectivity index (χ2n) is 6.10. The maximum absolute atomic E-state index is 13.1. The van der Waals surface area contributed by atoms with Gasteiger partial charge in [-0.3, -0.25) is 9.36 Å². The molecule has 0 saturated carbocycles. The summed E-state index contributed by atoms with van der Waals surface area (Å²) in [6.45, 7) is 3.60. The summed E-state index contributed by atoms with van der Waals surface area (Å²) >= 11 is 1.06. The fourth-order valence-electron chi connectivity index (χ4n) is 3.06. The van der Waals surface area contributed by atoms with Gasteiger partial charge in [-0.2, -0.15) is 0 Å². The number of ether oxygens (including phenoxy) is 3. The summed E-state index contributed by atoms with van der Waals surface area (Å²) in [5.41, 5.74) is 0.979. The van der Waals surface area contributed by atoms with Crippen LogP contribution >= 0.6 is 11.3 Å². The Morgan fingerprint density at radius 1 is 1.24 bits per heavy atom. The highest BCUT2D eigenvalue weighted by atomic mass is 32.1. The number of carbonyl (C=O) groups is 2. The molecule has 1 atom stereocenters. The van der Waals surface area contributed by atoms with Crippen LogP contribution in [0.3, 0.4) is 0 Å². The van der Waals surface area contributed by atoms with Crippen LogP contribution in [0.25, 0.3) is 6.08 Å². The van der Waals surface area contributed by atoms with Crippen LogP contribution in [0, 0.1) is 0 Å². The summed E-state index contributed by atoms with van der Waals surface area (Å²) in [7, 11) is 2.79. The van der Waals surface area contributed by atoms with Crippen molar-refractivity contribution in [2.45, 2.75) is 19.9 Å². The van der Waals surface area contributed by atoms with Crippen molar-refractivity contribution >= 4 is 29.4 Å². The Hall–Kier alpha value is -3.20. The number of benzene rings is 1. The second-order valence-corrected chi connectivity index (χ2v) is 7.11. The van der Waals surface area contributed by atoms with Gasteiger partial charge in [0.1, 0.15) is 10.3 Å². The summed E-state index contributed by atoms with van der Waals surface area (Å²) in [6.07, 6.45) is 1.12. The van der Waals surface area contributed by atoms with E-state index in [-0.39, 0.29) is 16.7 Å². The monoisotopic (exact) mass is 416 g/mol. The summed E-state index contributed by atoms with van der Waals surface area (Å²) in [6, 6.07) is 6.31. The molecule has 0 saturated heterocycles. The van der Waals surface area contributed by atoms with Gasteiger partial charge < -0.3 is 14.2 Å². The zero-order valence-electron chi connectivity index (χ0n) is 16.4. The zero-order valence-corrected chi connectivity index (χ0v) is 17.2. The molecule has 0 radical (unpaired) electrons. The van der Waals surface area contributed by atoms with Crippen molar-refractivity contribution < 1.29 is 23.8 Å². The van der Waals surface area contributed by atoms with E-state index in [4.69, 9.17) is 9.47 Å². The van der Waals surface area contributed by atoms with Crippen molar-refractivity contribution in [3.63, 3.8) is 0 Å². The molecular formula is C20H20N2O6S. The van der Waals surface area contributed by atoms with Gasteiger partial charge in [0.15, 0.2) is 4.80 Å². The number of nitrogens with zero attached hydrogens (tertiary/aromatic N) is 2. The standard InChI is InChI=1S/C20H20N2O6S/c1-5-28-19(25)16-11(2)21-20-22(18(24)14(29-20)10-15(23)27-4)17(16)12-6-8-13(26-3)9-7-12/h6-10,17H,5H2,1-4H3/b14-10-/t17-/m0/s1. The van der Waals surface area contributed by atoms with E-state index in [2.05, 4.69) is 9.73 Å². The molecule has 152 valence electrons. The lowest BCUT2D eigenvalue weighted by molar-refractivity contribution is -0.139. The molecule has 0 bridgehead atoms. The minimum Gasteiger partial charge on any atom is -0.497 e. The molecular weight excluding hydrogens is 396 g/mol. The first-order chi connectivity index (χ1) is 13.9. The summed E-state index contributed by atoms with van der Waals surface area (Å²) in [4.78, 5) is 42.2. The molecule has 1 aliphatic rings. The molecule has 0 spiro atoms. The van der Waals surface area contributed by atoms with Gasteiger partial charge in [0.05, 0.1) is 38.1 Å². The van der Waals surface area contributed by atoms with E-state index in [0.717, 1.165) is 17.4 Å². The van der Waals surface area contributed by atoms with Crippen LogP contribution in [-0.2, 0) is 19.1 Å². The van der Waals surface area contributed by atoms with Crippen molar-refractivity contribution in [1.29, 1.82) is 0 Å². The molecule has 8 nitrogen and oxygen atoms in total. The van der Waals surface area contributed by atoms with E-state index >= 15 is 0 Å². The quantitative estimate of drug-likeness (QED) is 0.673. The van der Waals surface area contributed by atoms with E-state index in [1.54, 1.807) is 45.2 Å². The molecule has 0 N–H and O–H groups in total. The molecule has 1 aromatic heterocycles. The predicted octanol–water partition coefficient (Wildman–Crippen LogP) is 0.932. The lowest BCUT2D eigenvalue weighted by Crippen LogP contribution is -2.40. The van der Waals surface area contributed by atoms with E-state index in [0.29, 0.717) is 21.8 Å². The number of hydrogen-bond donors (Lipinski definition) is 0. The first kappa shape index (κ1) is 20.5. The van der Waals surface area contributed by atoms with Crippen LogP contribution in [0.5, 0.6) is 5.75 Å². The van der Waals surface area contributed by atoms with Gasteiger partial charge in [-0.15, -0.1) is 0 Å².